The Morgan fingerprint density at radius 3 is 2.74 bits per heavy atom. The van der Waals surface area contributed by atoms with Crippen LogP contribution in [0.1, 0.15) is 18.9 Å². The van der Waals surface area contributed by atoms with E-state index in [2.05, 4.69) is 23.3 Å². The van der Waals surface area contributed by atoms with Crippen LogP contribution in [0, 0.1) is 0 Å². The van der Waals surface area contributed by atoms with Crippen molar-refractivity contribution in [3.05, 3.63) is 48.2 Å². The predicted octanol–water partition coefficient (Wildman–Crippen LogP) is 3.90. The lowest BCUT2D eigenvalue weighted by molar-refractivity contribution is 0.475. The van der Waals surface area contributed by atoms with Crippen LogP contribution in [-0.2, 0) is 5.75 Å². The molecule has 0 radical (unpaired) electrons. The molecule has 0 bridgehead atoms. The van der Waals surface area contributed by atoms with Crippen LogP contribution >= 0.6 is 11.8 Å². The maximum absolute atomic E-state index is 9.25. The number of phenols is 1. The van der Waals surface area contributed by atoms with Gasteiger partial charge in [0.05, 0.1) is 0 Å². The second-order valence-electron chi connectivity index (χ2n) is 4.22. The van der Waals surface area contributed by atoms with Gasteiger partial charge in [-0.15, -0.1) is 11.8 Å². The third-order valence-corrected chi connectivity index (χ3v) is 3.73. The van der Waals surface area contributed by atoms with Crippen molar-refractivity contribution in [2.45, 2.75) is 24.0 Å². The highest BCUT2D eigenvalue weighted by Gasteiger charge is 2.03. The van der Waals surface area contributed by atoms with Gasteiger partial charge in [0, 0.05) is 29.0 Å². The largest absolute Gasteiger partial charge is 0.508 e. The van der Waals surface area contributed by atoms with Crippen molar-refractivity contribution in [1.29, 1.82) is 0 Å². The number of hydrogen-bond acceptors (Lipinski definition) is 4. The zero-order chi connectivity index (χ0) is 13.5. The lowest BCUT2D eigenvalue weighted by Gasteiger charge is -2.09. The molecule has 0 aliphatic rings. The van der Waals surface area contributed by atoms with Crippen molar-refractivity contribution in [3.8, 4) is 5.75 Å². The minimum Gasteiger partial charge on any atom is -0.508 e. The van der Waals surface area contributed by atoms with E-state index in [1.54, 1.807) is 23.9 Å². The lowest BCUT2D eigenvalue weighted by Crippen LogP contribution is -2.04. The number of thioether (sulfide) groups is 1. The second-order valence-corrected chi connectivity index (χ2v) is 5.27. The molecule has 0 aliphatic carbocycles. The van der Waals surface area contributed by atoms with Crippen LogP contribution in [0.4, 0.5) is 5.82 Å². The number of aromatic nitrogens is 1. The number of anilines is 1. The molecule has 2 aromatic rings. The summed E-state index contributed by atoms with van der Waals surface area (Å²) in [6, 6.07) is 11.3. The minimum atomic E-state index is 0.302. The fourth-order valence-electron chi connectivity index (χ4n) is 1.66. The van der Waals surface area contributed by atoms with E-state index in [4.69, 9.17) is 0 Å². The van der Waals surface area contributed by atoms with Crippen LogP contribution in [-0.4, -0.2) is 16.6 Å². The number of phenolic OH excluding ortho intramolecular Hbond substituents is 1. The molecular formula is C15H18N2OS. The number of nitrogens with zero attached hydrogens (tertiary/aromatic N) is 1. The van der Waals surface area contributed by atoms with Crippen molar-refractivity contribution in [2.24, 2.45) is 0 Å². The number of hydrogen-bond donors (Lipinski definition) is 2. The van der Waals surface area contributed by atoms with Crippen molar-refractivity contribution in [1.82, 2.24) is 4.98 Å². The average molecular weight is 274 g/mol. The maximum atomic E-state index is 9.25. The summed E-state index contributed by atoms with van der Waals surface area (Å²) in [7, 11) is 0. The molecule has 0 amide bonds. The van der Waals surface area contributed by atoms with Crippen LogP contribution in [0.2, 0.25) is 0 Å². The molecule has 1 aromatic heterocycles. The highest BCUT2D eigenvalue weighted by atomic mass is 32.2. The summed E-state index contributed by atoms with van der Waals surface area (Å²) in [5.74, 6) is 2.14. The molecule has 3 nitrogen and oxygen atoms in total. The van der Waals surface area contributed by atoms with Crippen LogP contribution in [0.25, 0.3) is 0 Å². The van der Waals surface area contributed by atoms with Gasteiger partial charge >= 0.3 is 0 Å². The molecule has 19 heavy (non-hydrogen) atoms. The van der Waals surface area contributed by atoms with Gasteiger partial charge in [-0.1, -0.05) is 13.0 Å². The summed E-state index contributed by atoms with van der Waals surface area (Å²) in [5.41, 5.74) is 1.20. The number of aromatic hydroxyl groups is 1. The molecule has 0 unspecified atom stereocenters. The standard InChI is InChI=1S/C15H18N2OS/c1-2-9-16-15-12(4-3-10-17-15)11-19-14-7-5-13(18)6-8-14/h3-8,10,18H,2,9,11H2,1H3,(H,16,17). The summed E-state index contributed by atoms with van der Waals surface area (Å²) in [4.78, 5) is 5.52. The van der Waals surface area contributed by atoms with Crippen molar-refractivity contribution >= 4 is 17.6 Å². The molecule has 100 valence electrons. The zero-order valence-corrected chi connectivity index (χ0v) is 11.8. The number of nitrogens with one attached hydrogen (secondary N) is 1. The van der Waals surface area contributed by atoms with Gasteiger partial charge in [-0.25, -0.2) is 4.98 Å². The van der Waals surface area contributed by atoms with E-state index in [9.17, 15) is 5.11 Å². The Morgan fingerprint density at radius 1 is 1.21 bits per heavy atom. The van der Waals surface area contributed by atoms with Crippen LogP contribution in [0.3, 0.4) is 0 Å². The van der Waals surface area contributed by atoms with E-state index in [0.29, 0.717) is 5.75 Å². The Bertz CT molecular complexity index is 514. The molecule has 1 heterocycles. The number of rotatable bonds is 6. The average Bonchev–Trinajstić information content (AvgIpc) is 2.45. The lowest BCUT2D eigenvalue weighted by atomic mass is 10.3. The minimum absolute atomic E-state index is 0.302. The van der Waals surface area contributed by atoms with Gasteiger partial charge in [0.25, 0.3) is 0 Å². The van der Waals surface area contributed by atoms with Gasteiger partial charge in [-0.2, -0.15) is 0 Å². The first kappa shape index (κ1) is 13.7. The van der Waals surface area contributed by atoms with E-state index in [1.165, 1.54) is 5.56 Å². The molecule has 2 N–H and O–H groups in total. The molecule has 0 spiro atoms. The fraction of sp³-hybridized carbons (Fsp3) is 0.267. The molecular weight excluding hydrogens is 256 g/mol. The molecule has 0 saturated carbocycles. The van der Waals surface area contributed by atoms with Gasteiger partial charge < -0.3 is 10.4 Å². The summed E-state index contributed by atoms with van der Waals surface area (Å²) >= 11 is 1.74. The Morgan fingerprint density at radius 2 is 2.00 bits per heavy atom. The molecule has 4 heteroatoms. The maximum Gasteiger partial charge on any atom is 0.129 e. The Labute approximate surface area is 118 Å². The van der Waals surface area contributed by atoms with Crippen LogP contribution in [0.15, 0.2) is 47.5 Å². The van der Waals surface area contributed by atoms with Crippen molar-refractivity contribution < 1.29 is 5.11 Å². The smallest absolute Gasteiger partial charge is 0.129 e. The van der Waals surface area contributed by atoms with E-state index >= 15 is 0 Å². The molecule has 0 saturated heterocycles. The Hall–Kier alpha value is -1.68. The van der Waals surface area contributed by atoms with Crippen molar-refractivity contribution in [2.75, 3.05) is 11.9 Å². The highest BCUT2D eigenvalue weighted by molar-refractivity contribution is 7.98. The molecule has 0 atom stereocenters. The van der Waals surface area contributed by atoms with Gasteiger partial charge in [-0.3, -0.25) is 0 Å². The van der Waals surface area contributed by atoms with E-state index in [0.717, 1.165) is 29.4 Å². The summed E-state index contributed by atoms with van der Waals surface area (Å²) in [5, 5.41) is 12.6. The second kappa shape index (κ2) is 7.04. The van der Waals surface area contributed by atoms with Crippen LogP contribution in [0.5, 0.6) is 5.75 Å². The molecule has 2 rings (SSSR count). The summed E-state index contributed by atoms with van der Waals surface area (Å²) < 4.78 is 0. The van der Waals surface area contributed by atoms with E-state index in [1.807, 2.05) is 24.4 Å². The first-order chi connectivity index (χ1) is 9.29. The number of pyridine rings is 1. The first-order valence-electron chi connectivity index (χ1n) is 6.39. The molecule has 0 fully saturated rings. The van der Waals surface area contributed by atoms with E-state index < -0.39 is 0 Å². The van der Waals surface area contributed by atoms with Gasteiger partial charge in [0.2, 0.25) is 0 Å². The quantitative estimate of drug-likeness (QED) is 0.784. The summed E-state index contributed by atoms with van der Waals surface area (Å²) in [6.45, 7) is 3.08. The number of benzene rings is 1. The highest BCUT2D eigenvalue weighted by Crippen LogP contribution is 2.26. The summed E-state index contributed by atoms with van der Waals surface area (Å²) in [6.07, 6.45) is 2.90. The van der Waals surface area contributed by atoms with Gasteiger partial charge in [0.1, 0.15) is 11.6 Å². The Balaban J connectivity index is 2.00. The van der Waals surface area contributed by atoms with Gasteiger partial charge in [-0.05, 0) is 36.8 Å². The zero-order valence-electron chi connectivity index (χ0n) is 11.0. The Kier molecular flexibility index (Phi) is 5.10. The fourth-order valence-corrected chi connectivity index (χ4v) is 2.54. The van der Waals surface area contributed by atoms with E-state index in [-0.39, 0.29) is 0 Å². The van der Waals surface area contributed by atoms with Crippen molar-refractivity contribution in [3.63, 3.8) is 0 Å². The SMILES string of the molecule is CCCNc1ncccc1CSc1ccc(O)cc1. The normalized spacial score (nSPS) is 10.4. The predicted molar refractivity (Wildman–Crippen MR) is 80.7 cm³/mol. The monoisotopic (exact) mass is 274 g/mol. The third-order valence-electron chi connectivity index (χ3n) is 2.66. The first-order valence-corrected chi connectivity index (χ1v) is 7.37. The van der Waals surface area contributed by atoms with Gasteiger partial charge in [0.15, 0.2) is 0 Å². The molecule has 0 aliphatic heterocycles. The topological polar surface area (TPSA) is 45.2 Å². The third kappa shape index (κ3) is 4.17. The van der Waals surface area contributed by atoms with Crippen LogP contribution < -0.4 is 5.32 Å². The molecule has 1 aromatic carbocycles.